The van der Waals surface area contributed by atoms with Crippen LogP contribution in [0.3, 0.4) is 0 Å². The molecule has 96 valence electrons. The molecule has 1 aliphatic carbocycles. The Morgan fingerprint density at radius 3 is 2.12 bits per heavy atom. The van der Waals surface area contributed by atoms with Gasteiger partial charge in [-0.25, -0.2) is 0 Å². The third-order valence-corrected chi connectivity index (χ3v) is 4.40. The van der Waals surface area contributed by atoms with Crippen LogP contribution in [-0.4, -0.2) is 31.2 Å². The minimum atomic E-state index is 0.958. The molecule has 1 nitrogen and oxygen atoms in total. The van der Waals surface area contributed by atoms with Gasteiger partial charge in [0.25, 0.3) is 0 Å². The van der Waals surface area contributed by atoms with Crippen LogP contribution in [0.1, 0.15) is 71.1 Å². The van der Waals surface area contributed by atoms with E-state index in [0.29, 0.717) is 0 Å². The van der Waals surface area contributed by atoms with E-state index in [1.54, 1.807) is 0 Å². The van der Waals surface area contributed by atoms with Crippen LogP contribution in [0, 0.1) is 0 Å². The standard InChI is InChI=1S/C15H32N/c1-4-5-6-7-11-14-16(2,3)15-12-9-8-10-13-15/h15H,4-14H2,1-3H3/q+1. The molecule has 0 unspecified atom stereocenters. The Morgan fingerprint density at radius 1 is 0.875 bits per heavy atom. The summed E-state index contributed by atoms with van der Waals surface area (Å²) in [6.45, 7) is 3.69. The monoisotopic (exact) mass is 226 g/mol. The summed E-state index contributed by atoms with van der Waals surface area (Å²) < 4.78 is 1.28. The first-order chi connectivity index (χ1) is 7.67. The van der Waals surface area contributed by atoms with E-state index < -0.39 is 0 Å². The molecule has 0 aromatic carbocycles. The number of unbranched alkanes of at least 4 members (excludes halogenated alkanes) is 4. The highest BCUT2D eigenvalue weighted by molar-refractivity contribution is 4.65. The first-order valence-corrected chi connectivity index (χ1v) is 7.49. The number of hydrogen-bond acceptors (Lipinski definition) is 0. The summed E-state index contributed by atoms with van der Waals surface area (Å²) in [6, 6.07) is 0.958. The highest BCUT2D eigenvalue weighted by Crippen LogP contribution is 2.26. The topological polar surface area (TPSA) is 0 Å². The molecule has 1 aliphatic rings. The van der Waals surface area contributed by atoms with Gasteiger partial charge in [0.15, 0.2) is 0 Å². The molecule has 1 heteroatoms. The number of rotatable bonds is 7. The zero-order valence-electron chi connectivity index (χ0n) is 11.8. The molecule has 0 aromatic heterocycles. The summed E-state index contributed by atoms with van der Waals surface area (Å²) in [5, 5.41) is 0. The van der Waals surface area contributed by atoms with Gasteiger partial charge in [0.05, 0.1) is 26.7 Å². The molecule has 0 amide bonds. The Labute approximate surface area is 103 Å². The SMILES string of the molecule is CCCCCCC[N+](C)(C)C1CCCCC1. The van der Waals surface area contributed by atoms with E-state index in [1.165, 1.54) is 75.2 Å². The second-order valence-electron chi connectivity index (χ2n) is 6.21. The average molecular weight is 226 g/mol. The average Bonchev–Trinajstić information content (AvgIpc) is 2.30. The molecule has 0 N–H and O–H groups in total. The second-order valence-corrected chi connectivity index (χ2v) is 6.21. The predicted molar refractivity (Wildman–Crippen MR) is 72.6 cm³/mol. The molecule has 16 heavy (non-hydrogen) atoms. The van der Waals surface area contributed by atoms with Crippen molar-refractivity contribution < 1.29 is 4.48 Å². The fraction of sp³-hybridized carbons (Fsp3) is 1.00. The lowest BCUT2D eigenvalue weighted by molar-refractivity contribution is -0.916. The van der Waals surface area contributed by atoms with E-state index in [9.17, 15) is 0 Å². The Kier molecular flexibility index (Phi) is 6.41. The van der Waals surface area contributed by atoms with E-state index in [4.69, 9.17) is 0 Å². The Hall–Kier alpha value is -0.0400. The third kappa shape index (κ3) is 4.86. The van der Waals surface area contributed by atoms with Crippen molar-refractivity contribution in [1.82, 2.24) is 0 Å². The summed E-state index contributed by atoms with van der Waals surface area (Å²) in [6.07, 6.45) is 14.5. The fourth-order valence-corrected chi connectivity index (χ4v) is 3.09. The molecule has 0 aromatic rings. The molecule has 0 aliphatic heterocycles. The minimum Gasteiger partial charge on any atom is -0.326 e. The molecule has 1 saturated carbocycles. The summed E-state index contributed by atoms with van der Waals surface area (Å²) in [4.78, 5) is 0. The minimum absolute atomic E-state index is 0.958. The molecule has 1 fully saturated rings. The van der Waals surface area contributed by atoms with Crippen molar-refractivity contribution in [2.24, 2.45) is 0 Å². The van der Waals surface area contributed by atoms with E-state index in [1.807, 2.05) is 0 Å². The van der Waals surface area contributed by atoms with Crippen LogP contribution in [0.4, 0.5) is 0 Å². The smallest absolute Gasteiger partial charge is 0.0886 e. The summed E-state index contributed by atoms with van der Waals surface area (Å²) in [5.74, 6) is 0. The Bertz CT molecular complexity index is 168. The molecule has 0 saturated heterocycles. The quantitative estimate of drug-likeness (QED) is 0.447. The Morgan fingerprint density at radius 2 is 1.50 bits per heavy atom. The summed E-state index contributed by atoms with van der Waals surface area (Å²) in [5.41, 5.74) is 0. The maximum Gasteiger partial charge on any atom is 0.0886 e. The van der Waals surface area contributed by atoms with Crippen molar-refractivity contribution in [3.63, 3.8) is 0 Å². The van der Waals surface area contributed by atoms with Crippen LogP contribution < -0.4 is 0 Å². The molecule has 0 bridgehead atoms. The molecule has 0 atom stereocenters. The van der Waals surface area contributed by atoms with Crippen LogP contribution in [0.2, 0.25) is 0 Å². The van der Waals surface area contributed by atoms with Crippen molar-refractivity contribution in [1.29, 1.82) is 0 Å². The molecular formula is C15H32N+. The highest BCUT2D eigenvalue weighted by atomic mass is 15.3. The van der Waals surface area contributed by atoms with E-state index in [2.05, 4.69) is 21.0 Å². The maximum atomic E-state index is 2.45. The van der Waals surface area contributed by atoms with E-state index >= 15 is 0 Å². The first-order valence-electron chi connectivity index (χ1n) is 7.49. The summed E-state index contributed by atoms with van der Waals surface area (Å²) in [7, 11) is 4.91. The van der Waals surface area contributed by atoms with Gasteiger partial charge in [-0.2, -0.15) is 0 Å². The molecule has 1 rings (SSSR count). The summed E-state index contributed by atoms with van der Waals surface area (Å²) >= 11 is 0. The highest BCUT2D eigenvalue weighted by Gasteiger charge is 2.28. The predicted octanol–water partition coefficient (Wildman–Crippen LogP) is 4.37. The van der Waals surface area contributed by atoms with Gasteiger partial charge in [0, 0.05) is 0 Å². The zero-order chi connectivity index (χ0) is 11.9. The van der Waals surface area contributed by atoms with Gasteiger partial charge in [-0.3, -0.25) is 0 Å². The van der Waals surface area contributed by atoms with Crippen LogP contribution in [0.25, 0.3) is 0 Å². The first kappa shape index (κ1) is 14.0. The van der Waals surface area contributed by atoms with Gasteiger partial charge in [-0.1, -0.05) is 32.6 Å². The van der Waals surface area contributed by atoms with Gasteiger partial charge >= 0.3 is 0 Å². The van der Waals surface area contributed by atoms with Crippen LogP contribution in [-0.2, 0) is 0 Å². The zero-order valence-corrected chi connectivity index (χ0v) is 11.8. The van der Waals surface area contributed by atoms with Gasteiger partial charge in [-0.05, 0) is 38.5 Å². The fourth-order valence-electron chi connectivity index (χ4n) is 3.09. The molecule has 0 heterocycles. The van der Waals surface area contributed by atoms with Crippen LogP contribution >= 0.6 is 0 Å². The van der Waals surface area contributed by atoms with Crippen molar-refractivity contribution in [2.75, 3.05) is 20.6 Å². The molecule has 0 radical (unpaired) electrons. The van der Waals surface area contributed by atoms with Gasteiger partial charge in [0.2, 0.25) is 0 Å². The number of quaternary nitrogens is 1. The number of nitrogens with zero attached hydrogens (tertiary/aromatic N) is 1. The van der Waals surface area contributed by atoms with Crippen LogP contribution in [0.5, 0.6) is 0 Å². The lowest BCUT2D eigenvalue weighted by Gasteiger charge is -2.40. The van der Waals surface area contributed by atoms with E-state index in [0.717, 1.165) is 6.04 Å². The van der Waals surface area contributed by atoms with Crippen LogP contribution in [0.15, 0.2) is 0 Å². The lowest BCUT2D eigenvalue weighted by atomic mass is 9.93. The van der Waals surface area contributed by atoms with Crippen molar-refractivity contribution in [2.45, 2.75) is 77.2 Å². The lowest BCUT2D eigenvalue weighted by Crippen LogP contribution is -2.50. The number of hydrogen-bond donors (Lipinski definition) is 0. The second kappa shape index (κ2) is 7.32. The third-order valence-electron chi connectivity index (χ3n) is 4.40. The largest absolute Gasteiger partial charge is 0.326 e. The van der Waals surface area contributed by atoms with Crippen molar-refractivity contribution in [3.05, 3.63) is 0 Å². The molecule has 0 spiro atoms. The Balaban J connectivity index is 2.16. The van der Waals surface area contributed by atoms with E-state index in [-0.39, 0.29) is 0 Å². The normalized spacial score (nSPS) is 18.9. The van der Waals surface area contributed by atoms with Gasteiger partial charge < -0.3 is 4.48 Å². The van der Waals surface area contributed by atoms with Crippen molar-refractivity contribution in [3.8, 4) is 0 Å². The van der Waals surface area contributed by atoms with Gasteiger partial charge in [-0.15, -0.1) is 0 Å². The maximum absolute atomic E-state index is 2.45. The van der Waals surface area contributed by atoms with Gasteiger partial charge in [0.1, 0.15) is 0 Å². The molecular weight excluding hydrogens is 194 g/mol. The van der Waals surface area contributed by atoms with Crippen molar-refractivity contribution >= 4 is 0 Å².